The van der Waals surface area contributed by atoms with Crippen molar-refractivity contribution in [1.29, 1.82) is 0 Å². The van der Waals surface area contributed by atoms with Crippen molar-refractivity contribution in [2.45, 2.75) is 13.3 Å². The molecular formula is C10H17NO2S. The molecule has 2 aliphatic rings. The minimum atomic E-state index is 0.196. The molecule has 2 rings (SSSR count). The highest BCUT2D eigenvalue weighted by molar-refractivity contribution is 7.99. The Morgan fingerprint density at radius 2 is 2.43 bits per heavy atom. The van der Waals surface area contributed by atoms with Gasteiger partial charge in [-0.2, -0.15) is 11.8 Å². The van der Waals surface area contributed by atoms with Gasteiger partial charge in [0.1, 0.15) is 0 Å². The van der Waals surface area contributed by atoms with Crippen LogP contribution in [0.3, 0.4) is 0 Å². The van der Waals surface area contributed by atoms with Crippen LogP contribution in [0.2, 0.25) is 0 Å². The zero-order chi connectivity index (χ0) is 10.0. The lowest BCUT2D eigenvalue weighted by molar-refractivity contribution is -0.129. The Kier molecular flexibility index (Phi) is 3.02. The highest BCUT2D eigenvalue weighted by Gasteiger charge is 2.34. The SMILES string of the molecule is CC1(CNC(=O)C2CCSC2)COC1. The monoisotopic (exact) mass is 215 g/mol. The van der Waals surface area contributed by atoms with E-state index < -0.39 is 0 Å². The van der Waals surface area contributed by atoms with Crippen LogP contribution in [-0.2, 0) is 9.53 Å². The standard InChI is InChI=1S/C10H17NO2S/c1-10(6-13-7-10)5-11-9(12)8-2-3-14-4-8/h8H,2-7H2,1H3,(H,11,12). The molecule has 2 aliphatic heterocycles. The predicted molar refractivity (Wildman–Crippen MR) is 57.4 cm³/mol. The minimum Gasteiger partial charge on any atom is -0.380 e. The van der Waals surface area contributed by atoms with Gasteiger partial charge in [0.25, 0.3) is 0 Å². The van der Waals surface area contributed by atoms with Gasteiger partial charge in [-0.15, -0.1) is 0 Å². The van der Waals surface area contributed by atoms with Gasteiger partial charge in [-0.1, -0.05) is 6.92 Å². The molecule has 2 heterocycles. The van der Waals surface area contributed by atoms with E-state index in [4.69, 9.17) is 4.74 Å². The van der Waals surface area contributed by atoms with E-state index in [1.807, 2.05) is 11.8 Å². The molecule has 4 heteroatoms. The summed E-state index contributed by atoms with van der Waals surface area (Å²) < 4.78 is 5.14. The summed E-state index contributed by atoms with van der Waals surface area (Å²) in [6, 6.07) is 0. The molecule has 80 valence electrons. The van der Waals surface area contributed by atoms with Gasteiger partial charge in [-0.3, -0.25) is 4.79 Å². The van der Waals surface area contributed by atoms with Crippen molar-refractivity contribution >= 4 is 17.7 Å². The van der Waals surface area contributed by atoms with E-state index in [0.29, 0.717) is 0 Å². The van der Waals surface area contributed by atoms with Crippen LogP contribution < -0.4 is 5.32 Å². The number of ether oxygens (including phenoxy) is 1. The Labute approximate surface area is 89.0 Å². The summed E-state index contributed by atoms with van der Waals surface area (Å²) in [6.45, 7) is 4.49. The van der Waals surface area contributed by atoms with E-state index >= 15 is 0 Å². The maximum Gasteiger partial charge on any atom is 0.223 e. The predicted octanol–water partition coefficient (Wildman–Crippen LogP) is 0.892. The third-order valence-corrected chi connectivity index (χ3v) is 4.05. The summed E-state index contributed by atoms with van der Waals surface area (Å²) in [5.41, 5.74) is 0.196. The highest BCUT2D eigenvalue weighted by Crippen LogP contribution is 2.26. The van der Waals surface area contributed by atoms with E-state index in [-0.39, 0.29) is 17.2 Å². The normalized spacial score (nSPS) is 29.6. The maximum atomic E-state index is 11.7. The first-order chi connectivity index (χ1) is 6.70. The number of hydrogen-bond acceptors (Lipinski definition) is 3. The molecule has 0 aromatic rings. The number of hydrogen-bond donors (Lipinski definition) is 1. The average molecular weight is 215 g/mol. The third-order valence-electron chi connectivity index (χ3n) is 2.89. The van der Waals surface area contributed by atoms with Crippen LogP contribution in [0.5, 0.6) is 0 Å². The summed E-state index contributed by atoms with van der Waals surface area (Å²) in [5.74, 6) is 2.63. The molecule has 0 aliphatic carbocycles. The second-order valence-corrected chi connectivity index (χ2v) is 5.73. The van der Waals surface area contributed by atoms with Crippen LogP contribution in [0, 0.1) is 11.3 Å². The molecule has 0 bridgehead atoms. The molecule has 1 unspecified atom stereocenters. The van der Waals surface area contributed by atoms with Crippen LogP contribution in [0.1, 0.15) is 13.3 Å². The van der Waals surface area contributed by atoms with Gasteiger partial charge >= 0.3 is 0 Å². The minimum absolute atomic E-state index is 0.196. The maximum absolute atomic E-state index is 11.7. The summed E-state index contributed by atoms with van der Waals surface area (Å²) in [6.07, 6.45) is 1.05. The molecule has 2 fully saturated rings. The highest BCUT2D eigenvalue weighted by atomic mass is 32.2. The van der Waals surface area contributed by atoms with Gasteiger partial charge in [0, 0.05) is 23.6 Å². The largest absolute Gasteiger partial charge is 0.380 e. The lowest BCUT2D eigenvalue weighted by Crippen LogP contribution is -2.49. The molecule has 0 radical (unpaired) electrons. The zero-order valence-corrected chi connectivity index (χ0v) is 9.36. The molecule has 0 aromatic carbocycles. The topological polar surface area (TPSA) is 38.3 Å². The molecular weight excluding hydrogens is 198 g/mol. The lowest BCUT2D eigenvalue weighted by atomic mass is 9.88. The summed E-state index contributed by atoms with van der Waals surface area (Å²) in [4.78, 5) is 11.7. The first kappa shape index (κ1) is 10.3. The van der Waals surface area contributed by atoms with Crippen molar-refractivity contribution in [3.8, 4) is 0 Å². The molecule has 0 spiro atoms. The number of thioether (sulfide) groups is 1. The van der Waals surface area contributed by atoms with Gasteiger partial charge in [-0.25, -0.2) is 0 Å². The van der Waals surface area contributed by atoms with Crippen LogP contribution in [0.4, 0.5) is 0 Å². The molecule has 0 aromatic heterocycles. The Hall–Kier alpha value is -0.220. The van der Waals surface area contributed by atoms with E-state index in [0.717, 1.165) is 37.7 Å². The number of rotatable bonds is 3. The Morgan fingerprint density at radius 3 is 2.93 bits per heavy atom. The zero-order valence-electron chi connectivity index (χ0n) is 8.54. The van der Waals surface area contributed by atoms with Gasteiger partial charge in [0.05, 0.1) is 13.2 Å². The molecule has 1 atom stereocenters. The lowest BCUT2D eigenvalue weighted by Gasteiger charge is -2.38. The van der Waals surface area contributed by atoms with Crippen molar-refractivity contribution < 1.29 is 9.53 Å². The molecule has 1 amide bonds. The molecule has 1 N–H and O–H groups in total. The van der Waals surface area contributed by atoms with Crippen LogP contribution >= 0.6 is 11.8 Å². The number of amides is 1. The van der Waals surface area contributed by atoms with Crippen molar-refractivity contribution in [3.63, 3.8) is 0 Å². The first-order valence-electron chi connectivity index (χ1n) is 5.13. The van der Waals surface area contributed by atoms with Crippen molar-refractivity contribution in [3.05, 3.63) is 0 Å². The van der Waals surface area contributed by atoms with E-state index in [1.54, 1.807) is 0 Å². The third kappa shape index (κ3) is 2.23. The van der Waals surface area contributed by atoms with Crippen molar-refractivity contribution in [2.24, 2.45) is 11.3 Å². The van der Waals surface area contributed by atoms with Gasteiger partial charge < -0.3 is 10.1 Å². The van der Waals surface area contributed by atoms with Crippen LogP contribution in [-0.4, -0.2) is 37.2 Å². The van der Waals surface area contributed by atoms with E-state index in [9.17, 15) is 4.79 Å². The Bertz CT molecular complexity index is 222. The fourth-order valence-electron chi connectivity index (χ4n) is 1.74. The summed E-state index contributed by atoms with van der Waals surface area (Å²) >= 11 is 1.88. The molecule has 0 saturated carbocycles. The second kappa shape index (κ2) is 4.11. The van der Waals surface area contributed by atoms with Crippen molar-refractivity contribution in [1.82, 2.24) is 5.32 Å². The fraction of sp³-hybridized carbons (Fsp3) is 0.900. The van der Waals surface area contributed by atoms with Crippen LogP contribution in [0.15, 0.2) is 0 Å². The van der Waals surface area contributed by atoms with Gasteiger partial charge in [0.2, 0.25) is 5.91 Å². The van der Waals surface area contributed by atoms with E-state index in [1.165, 1.54) is 0 Å². The van der Waals surface area contributed by atoms with Gasteiger partial charge in [0.15, 0.2) is 0 Å². The van der Waals surface area contributed by atoms with Crippen LogP contribution in [0.25, 0.3) is 0 Å². The van der Waals surface area contributed by atoms with Crippen molar-refractivity contribution in [2.75, 3.05) is 31.3 Å². The Morgan fingerprint density at radius 1 is 1.64 bits per heavy atom. The molecule has 2 saturated heterocycles. The molecule has 3 nitrogen and oxygen atoms in total. The fourth-order valence-corrected chi connectivity index (χ4v) is 2.96. The quantitative estimate of drug-likeness (QED) is 0.760. The van der Waals surface area contributed by atoms with Gasteiger partial charge in [-0.05, 0) is 12.2 Å². The van der Waals surface area contributed by atoms with E-state index in [2.05, 4.69) is 12.2 Å². The summed E-state index contributed by atoms with van der Waals surface area (Å²) in [5, 5.41) is 3.03. The summed E-state index contributed by atoms with van der Waals surface area (Å²) in [7, 11) is 0. The number of carbonyl (C=O) groups excluding carboxylic acids is 1. The average Bonchev–Trinajstić information content (AvgIpc) is 2.63. The smallest absolute Gasteiger partial charge is 0.223 e. The second-order valence-electron chi connectivity index (χ2n) is 4.58. The number of carbonyl (C=O) groups is 1. The first-order valence-corrected chi connectivity index (χ1v) is 6.28. The Balaban J connectivity index is 1.71. The molecule has 14 heavy (non-hydrogen) atoms. The number of nitrogens with one attached hydrogen (secondary N) is 1.